The molecular formula is C12H18N2O3. The lowest BCUT2D eigenvalue weighted by Gasteiger charge is -2.30. The molecule has 94 valence electrons. The largest absolute Gasteiger partial charge is 0.466 e. The summed E-state index contributed by atoms with van der Waals surface area (Å²) >= 11 is 0. The molecule has 0 saturated carbocycles. The normalized spacial score (nSPS) is 21.4. The Balaban J connectivity index is 1.86. The van der Waals surface area contributed by atoms with Crippen LogP contribution in [0.4, 0.5) is 0 Å². The first-order chi connectivity index (χ1) is 8.29. The summed E-state index contributed by atoms with van der Waals surface area (Å²) in [5.74, 6) is -0.0499. The minimum Gasteiger partial charge on any atom is -0.466 e. The van der Waals surface area contributed by atoms with Crippen LogP contribution >= 0.6 is 0 Å². The number of aromatic nitrogens is 1. The average Bonchev–Trinajstić information content (AvgIpc) is 2.82. The van der Waals surface area contributed by atoms with Crippen molar-refractivity contribution < 1.29 is 14.1 Å². The molecule has 0 N–H and O–H groups in total. The van der Waals surface area contributed by atoms with Crippen molar-refractivity contribution in [3.05, 3.63) is 18.0 Å². The van der Waals surface area contributed by atoms with Gasteiger partial charge in [0.25, 0.3) is 0 Å². The summed E-state index contributed by atoms with van der Waals surface area (Å²) in [5.41, 5.74) is 1.05. The first-order valence-corrected chi connectivity index (χ1v) is 6.07. The predicted molar refractivity (Wildman–Crippen MR) is 61.1 cm³/mol. The molecule has 1 aromatic heterocycles. The summed E-state index contributed by atoms with van der Waals surface area (Å²) in [7, 11) is 0. The molecule has 1 saturated heterocycles. The second-order valence-corrected chi connectivity index (χ2v) is 4.36. The molecule has 1 fully saturated rings. The molecule has 0 radical (unpaired) electrons. The van der Waals surface area contributed by atoms with Gasteiger partial charge in [0.15, 0.2) is 0 Å². The Morgan fingerprint density at radius 2 is 2.59 bits per heavy atom. The maximum atomic E-state index is 11.7. The Bertz CT molecular complexity index is 351. The summed E-state index contributed by atoms with van der Waals surface area (Å²) in [6, 6.07) is 0. The van der Waals surface area contributed by atoms with Crippen molar-refractivity contribution in [2.45, 2.75) is 26.3 Å². The standard InChI is InChI=1S/C12H18N2O3/c1-2-16-12(15)11-4-3-5-14(8-11)7-10-6-13-17-9-10/h6,9,11H,2-5,7-8H2,1H3/t11-/m0/s1. The van der Waals surface area contributed by atoms with E-state index in [0.717, 1.165) is 38.0 Å². The lowest BCUT2D eigenvalue weighted by atomic mass is 9.98. The zero-order chi connectivity index (χ0) is 12.1. The van der Waals surface area contributed by atoms with Crippen LogP contribution in [0.1, 0.15) is 25.3 Å². The van der Waals surface area contributed by atoms with Crippen LogP contribution in [-0.2, 0) is 16.1 Å². The van der Waals surface area contributed by atoms with E-state index in [4.69, 9.17) is 9.26 Å². The van der Waals surface area contributed by atoms with Crippen molar-refractivity contribution in [2.75, 3.05) is 19.7 Å². The fraction of sp³-hybridized carbons (Fsp3) is 0.667. The van der Waals surface area contributed by atoms with E-state index in [1.54, 1.807) is 12.5 Å². The summed E-state index contributed by atoms with van der Waals surface area (Å²) in [4.78, 5) is 13.9. The highest BCUT2D eigenvalue weighted by atomic mass is 16.5. The summed E-state index contributed by atoms with van der Waals surface area (Å²) in [6.07, 6.45) is 5.33. The average molecular weight is 238 g/mol. The van der Waals surface area contributed by atoms with Crippen molar-refractivity contribution in [3.63, 3.8) is 0 Å². The maximum Gasteiger partial charge on any atom is 0.310 e. The van der Waals surface area contributed by atoms with E-state index in [9.17, 15) is 4.79 Å². The zero-order valence-electron chi connectivity index (χ0n) is 10.1. The predicted octanol–water partition coefficient (Wildman–Crippen LogP) is 1.45. The van der Waals surface area contributed by atoms with Gasteiger partial charge in [0, 0.05) is 18.7 Å². The molecule has 1 aliphatic rings. The summed E-state index contributed by atoms with van der Waals surface area (Å²) in [6.45, 7) is 4.88. The number of nitrogens with zero attached hydrogens (tertiary/aromatic N) is 2. The number of carbonyl (C=O) groups excluding carboxylic acids is 1. The minimum atomic E-state index is -0.0671. The number of rotatable bonds is 4. The van der Waals surface area contributed by atoms with Gasteiger partial charge in [-0.15, -0.1) is 0 Å². The number of esters is 1. The van der Waals surface area contributed by atoms with Crippen molar-refractivity contribution in [2.24, 2.45) is 5.92 Å². The fourth-order valence-electron chi connectivity index (χ4n) is 2.21. The van der Waals surface area contributed by atoms with Crippen LogP contribution in [0.15, 0.2) is 17.0 Å². The fourth-order valence-corrected chi connectivity index (χ4v) is 2.21. The molecule has 0 aliphatic carbocycles. The highest BCUT2D eigenvalue weighted by molar-refractivity contribution is 5.72. The number of ether oxygens (including phenoxy) is 1. The molecule has 0 spiro atoms. The van der Waals surface area contributed by atoms with Crippen LogP contribution in [0, 0.1) is 5.92 Å². The van der Waals surface area contributed by atoms with Gasteiger partial charge < -0.3 is 9.26 Å². The molecule has 0 unspecified atom stereocenters. The molecule has 0 amide bonds. The molecule has 5 nitrogen and oxygen atoms in total. The third-order valence-electron chi connectivity index (χ3n) is 3.02. The molecular weight excluding hydrogens is 220 g/mol. The van der Waals surface area contributed by atoms with Gasteiger partial charge in [-0.1, -0.05) is 5.16 Å². The molecule has 0 bridgehead atoms. The zero-order valence-corrected chi connectivity index (χ0v) is 10.1. The molecule has 1 aromatic rings. The first-order valence-electron chi connectivity index (χ1n) is 6.07. The second-order valence-electron chi connectivity index (χ2n) is 4.36. The Labute approximate surface area is 101 Å². The van der Waals surface area contributed by atoms with Gasteiger partial charge in [0.2, 0.25) is 0 Å². The van der Waals surface area contributed by atoms with Crippen molar-refractivity contribution in [3.8, 4) is 0 Å². The van der Waals surface area contributed by atoms with Gasteiger partial charge >= 0.3 is 5.97 Å². The van der Waals surface area contributed by atoms with E-state index in [1.165, 1.54) is 0 Å². The topological polar surface area (TPSA) is 55.6 Å². The monoisotopic (exact) mass is 238 g/mol. The quantitative estimate of drug-likeness (QED) is 0.743. The number of hydrogen-bond donors (Lipinski definition) is 0. The van der Waals surface area contributed by atoms with Gasteiger partial charge in [-0.25, -0.2) is 0 Å². The van der Waals surface area contributed by atoms with E-state index >= 15 is 0 Å². The van der Waals surface area contributed by atoms with E-state index in [-0.39, 0.29) is 11.9 Å². The van der Waals surface area contributed by atoms with Gasteiger partial charge in [0.1, 0.15) is 6.26 Å². The van der Waals surface area contributed by atoms with Crippen molar-refractivity contribution in [1.29, 1.82) is 0 Å². The van der Waals surface area contributed by atoms with E-state index in [1.807, 2.05) is 6.92 Å². The van der Waals surface area contributed by atoms with Crippen LogP contribution in [0.3, 0.4) is 0 Å². The van der Waals surface area contributed by atoms with Crippen molar-refractivity contribution >= 4 is 5.97 Å². The summed E-state index contributed by atoms with van der Waals surface area (Å²) in [5, 5.41) is 3.68. The maximum absolute atomic E-state index is 11.7. The minimum absolute atomic E-state index is 0.0172. The van der Waals surface area contributed by atoms with Crippen LogP contribution in [-0.4, -0.2) is 35.7 Å². The molecule has 2 rings (SSSR count). The smallest absolute Gasteiger partial charge is 0.310 e. The molecule has 2 heterocycles. The number of hydrogen-bond acceptors (Lipinski definition) is 5. The highest BCUT2D eigenvalue weighted by Crippen LogP contribution is 2.19. The van der Waals surface area contributed by atoms with E-state index in [0.29, 0.717) is 6.61 Å². The highest BCUT2D eigenvalue weighted by Gasteiger charge is 2.26. The number of carbonyl (C=O) groups is 1. The molecule has 1 atom stereocenters. The Kier molecular flexibility index (Phi) is 4.14. The van der Waals surface area contributed by atoms with Crippen LogP contribution < -0.4 is 0 Å². The number of likely N-dealkylation sites (tertiary alicyclic amines) is 1. The first kappa shape index (κ1) is 12.1. The molecule has 5 heteroatoms. The Hall–Kier alpha value is -1.36. The van der Waals surface area contributed by atoms with Gasteiger partial charge in [-0.05, 0) is 26.3 Å². The molecule has 1 aliphatic heterocycles. The second kappa shape index (κ2) is 5.82. The number of piperidine rings is 1. The third-order valence-corrected chi connectivity index (χ3v) is 3.02. The van der Waals surface area contributed by atoms with Crippen LogP contribution in [0.2, 0.25) is 0 Å². The molecule has 17 heavy (non-hydrogen) atoms. The van der Waals surface area contributed by atoms with Gasteiger partial charge in [-0.2, -0.15) is 0 Å². The molecule has 0 aromatic carbocycles. The van der Waals surface area contributed by atoms with Crippen LogP contribution in [0.5, 0.6) is 0 Å². The van der Waals surface area contributed by atoms with Crippen LogP contribution in [0.25, 0.3) is 0 Å². The SMILES string of the molecule is CCOC(=O)[C@H]1CCCN(Cc2cnoc2)C1. The van der Waals surface area contributed by atoms with Crippen molar-refractivity contribution in [1.82, 2.24) is 10.1 Å². The Morgan fingerprint density at radius 1 is 1.71 bits per heavy atom. The third kappa shape index (κ3) is 3.30. The van der Waals surface area contributed by atoms with E-state index in [2.05, 4.69) is 10.1 Å². The van der Waals surface area contributed by atoms with Gasteiger partial charge in [0.05, 0.1) is 18.7 Å². The lowest BCUT2D eigenvalue weighted by molar-refractivity contribution is -0.150. The summed E-state index contributed by atoms with van der Waals surface area (Å²) < 4.78 is 9.87. The lowest BCUT2D eigenvalue weighted by Crippen LogP contribution is -2.38. The van der Waals surface area contributed by atoms with E-state index < -0.39 is 0 Å². The Morgan fingerprint density at radius 3 is 3.29 bits per heavy atom. The van der Waals surface area contributed by atoms with Gasteiger partial charge in [-0.3, -0.25) is 9.69 Å².